The molecule has 35 heavy (non-hydrogen) atoms. The second-order valence-corrected chi connectivity index (χ2v) is 9.16. The van der Waals surface area contributed by atoms with Gasteiger partial charge in [0.2, 0.25) is 12.5 Å². The van der Waals surface area contributed by atoms with Crippen LogP contribution in [-0.4, -0.2) is 34.4 Å². The average Bonchev–Trinajstić information content (AvgIpc) is 2.76. The summed E-state index contributed by atoms with van der Waals surface area (Å²) in [5, 5.41) is 24.8. The molecule has 0 fully saturated rings. The lowest BCUT2D eigenvalue weighted by Crippen LogP contribution is -2.24. The summed E-state index contributed by atoms with van der Waals surface area (Å²) in [5.74, 6) is -1.15. The van der Waals surface area contributed by atoms with E-state index in [1.165, 1.54) is 18.2 Å². The molecule has 186 valence electrons. The average molecular weight is 479 g/mol. The maximum Gasteiger partial charge on any atom is 0.344 e. The maximum absolute atomic E-state index is 12.1. The number of carboxylic acid groups (broad SMARTS) is 1. The highest BCUT2D eigenvalue weighted by Gasteiger charge is 2.30. The Morgan fingerprint density at radius 2 is 1.83 bits per heavy atom. The molecule has 0 atom stereocenters. The van der Waals surface area contributed by atoms with Crippen molar-refractivity contribution in [3.63, 3.8) is 0 Å². The predicted molar refractivity (Wildman–Crippen MR) is 139 cm³/mol. The molecule has 0 radical (unpaired) electrons. The van der Waals surface area contributed by atoms with Crippen molar-refractivity contribution in [3.8, 4) is 5.75 Å². The van der Waals surface area contributed by atoms with Gasteiger partial charge in [-0.2, -0.15) is 0 Å². The molecule has 0 saturated heterocycles. The predicted octanol–water partition coefficient (Wildman–Crippen LogP) is 5.93. The largest absolute Gasteiger partial charge is 0.508 e. The van der Waals surface area contributed by atoms with Gasteiger partial charge in [0.15, 0.2) is 0 Å². The van der Waals surface area contributed by atoms with Crippen LogP contribution in [0.2, 0.25) is 0 Å². The molecule has 0 heterocycles. The van der Waals surface area contributed by atoms with Gasteiger partial charge in [-0.05, 0) is 80.0 Å². The summed E-state index contributed by atoms with van der Waals surface area (Å²) < 4.78 is 0. The van der Waals surface area contributed by atoms with Gasteiger partial charge in [0.25, 0.3) is 0 Å². The molecule has 0 spiro atoms. The number of carbonyl (C=O) groups excluding carboxylic acids is 1. The summed E-state index contributed by atoms with van der Waals surface area (Å²) in [6, 6.07) is 6.29. The van der Waals surface area contributed by atoms with E-state index in [1.807, 2.05) is 45.1 Å². The van der Waals surface area contributed by atoms with Crippen LogP contribution in [0.15, 0.2) is 88.2 Å². The molecule has 0 aromatic heterocycles. The van der Waals surface area contributed by atoms with Crippen LogP contribution in [-0.2, 0) is 14.4 Å². The van der Waals surface area contributed by atoms with E-state index in [1.54, 1.807) is 12.1 Å². The number of benzene rings is 1. The Hall–Kier alpha value is -3.87. The number of anilines is 1. The van der Waals surface area contributed by atoms with E-state index in [0.717, 1.165) is 40.8 Å². The minimum absolute atomic E-state index is 0.0350. The van der Waals surface area contributed by atoms with Crippen LogP contribution in [0, 0.1) is 5.41 Å². The summed E-state index contributed by atoms with van der Waals surface area (Å²) in [7, 11) is 0. The van der Waals surface area contributed by atoms with Gasteiger partial charge >= 0.3 is 5.97 Å². The molecule has 1 aromatic carbocycles. The van der Waals surface area contributed by atoms with Gasteiger partial charge in [-0.25, -0.2) is 4.79 Å². The second-order valence-electron chi connectivity index (χ2n) is 9.16. The third kappa shape index (κ3) is 9.12. The topological polar surface area (TPSA) is 108 Å². The lowest BCUT2D eigenvalue weighted by atomic mass is 9.72. The van der Waals surface area contributed by atoms with Crippen molar-refractivity contribution in [2.45, 2.75) is 47.5 Å². The van der Waals surface area contributed by atoms with Crippen LogP contribution in [0.25, 0.3) is 0 Å². The van der Waals surface area contributed by atoms with Crippen LogP contribution in [0.4, 0.5) is 5.69 Å². The molecule has 3 N–H and O–H groups in total. The molecule has 0 aliphatic heterocycles. The van der Waals surface area contributed by atoms with Gasteiger partial charge in [0.1, 0.15) is 5.75 Å². The van der Waals surface area contributed by atoms with E-state index < -0.39 is 12.6 Å². The number of aliphatic carboxylic acids is 1. The quantitative estimate of drug-likeness (QED) is 0.176. The van der Waals surface area contributed by atoms with Gasteiger partial charge in [0, 0.05) is 11.8 Å². The highest BCUT2D eigenvalue weighted by atomic mass is 16.6. The van der Waals surface area contributed by atoms with Crippen LogP contribution in [0.1, 0.15) is 47.5 Å². The van der Waals surface area contributed by atoms with Gasteiger partial charge in [-0.1, -0.05) is 55.0 Å². The number of oxime groups is 1. The molecule has 0 saturated carbocycles. The first-order valence-corrected chi connectivity index (χ1v) is 11.4. The Balaban J connectivity index is 2.05. The summed E-state index contributed by atoms with van der Waals surface area (Å²) in [5.41, 5.74) is 5.32. The fraction of sp³-hybridized carbons (Fsp3) is 0.321. The lowest BCUT2D eigenvalue weighted by Gasteiger charge is -2.33. The van der Waals surface area contributed by atoms with Gasteiger partial charge in [-0.3, -0.25) is 4.79 Å². The van der Waals surface area contributed by atoms with E-state index in [2.05, 4.69) is 30.4 Å². The Bertz CT molecular complexity index is 1120. The Morgan fingerprint density at radius 1 is 1.14 bits per heavy atom. The number of aromatic hydroxyl groups is 1. The summed E-state index contributed by atoms with van der Waals surface area (Å²) in [4.78, 5) is 27.8. The second kappa shape index (κ2) is 12.6. The molecule has 1 aromatic rings. The number of carboxylic acids is 1. The first-order chi connectivity index (χ1) is 16.5. The van der Waals surface area contributed by atoms with Crippen molar-refractivity contribution < 1.29 is 24.6 Å². The van der Waals surface area contributed by atoms with E-state index in [4.69, 9.17) is 9.94 Å². The minimum atomic E-state index is -1.05. The number of phenols is 1. The standard InChI is InChI=1S/C28H34N2O5/c1-19(7-6-8-20(2)17-26(32)29-22-10-12-23(31)13-11-22)9-14-24-21(3)25(15-16-28(24,4)5)30-35-18-27(33)34/h6-14,17,31H,15-16,18H2,1-5H3,(H,29,32)(H,33,34)/b8-6+,14-9+,19-7+,20-17+,30-25+. The summed E-state index contributed by atoms with van der Waals surface area (Å²) >= 11 is 0. The Labute approximate surface area is 206 Å². The Kier molecular flexibility index (Phi) is 9.82. The first-order valence-electron chi connectivity index (χ1n) is 11.4. The van der Waals surface area contributed by atoms with Crippen LogP contribution in [0.5, 0.6) is 5.75 Å². The molecule has 1 aliphatic carbocycles. The number of nitrogens with one attached hydrogen (secondary N) is 1. The molecular formula is C28H34N2O5. The van der Waals surface area contributed by atoms with Crippen molar-refractivity contribution in [2.75, 3.05) is 11.9 Å². The van der Waals surface area contributed by atoms with Crippen molar-refractivity contribution >= 4 is 23.3 Å². The van der Waals surface area contributed by atoms with Crippen molar-refractivity contribution in [1.29, 1.82) is 0 Å². The molecule has 7 heteroatoms. The summed E-state index contributed by atoms with van der Waals surface area (Å²) in [6.45, 7) is 9.74. The summed E-state index contributed by atoms with van der Waals surface area (Å²) in [6.07, 6.45) is 12.9. The number of rotatable bonds is 9. The normalized spacial score (nSPS) is 17.9. The van der Waals surface area contributed by atoms with Crippen molar-refractivity contribution in [3.05, 3.63) is 83.0 Å². The zero-order valence-electron chi connectivity index (χ0n) is 21.0. The molecule has 0 unspecified atom stereocenters. The number of carbonyl (C=O) groups is 2. The fourth-order valence-electron chi connectivity index (χ4n) is 3.65. The van der Waals surface area contributed by atoms with Gasteiger partial charge < -0.3 is 20.4 Å². The first kappa shape index (κ1) is 27.4. The van der Waals surface area contributed by atoms with Crippen LogP contribution < -0.4 is 5.32 Å². The fourth-order valence-corrected chi connectivity index (χ4v) is 3.65. The Morgan fingerprint density at radius 3 is 2.49 bits per heavy atom. The number of hydrogen-bond donors (Lipinski definition) is 3. The highest BCUT2D eigenvalue weighted by Crippen LogP contribution is 2.40. The van der Waals surface area contributed by atoms with Crippen LogP contribution >= 0.6 is 0 Å². The molecule has 2 rings (SSSR count). The third-order valence-corrected chi connectivity index (χ3v) is 5.64. The monoisotopic (exact) mass is 478 g/mol. The lowest BCUT2D eigenvalue weighted by molar-refractivity contribution is -0.142. The molecule has 1 amide bonds. The smallest absolute Gasteiger partial charge is 0.344 e. The number of hydrogen-bond acceptors (Lipinski definition) is 5. The molecule has 1 aliphatic rings. The number of amides is 1. The molecule has 7 nitrogen and oxygen atoms in total. The zero-order chi connectivity index (χ0) is 26.0. The van der Waals surface area contributed by atoms with E-state index in [-0.39, 0.29) is 17.1 Å². The number of phenolic OH excluding ortho intramolecular Hbond substituents is 1. The van der Waals surface area contributed by atoms with E-state index in [0.29, 0.717) is 5.69 Å². The third-order valence-electron chi connectivity index (χ3n) is 5.64. The van der Waals surface area contributed by atoms with E-state index in [9.17, 15) is 14.7 Å². The molecular weight excluding hydrogens is 444 g/mol. The zero-order valence-corrected chi connectivity index (χ0v) is 21.0. The SMILES string of the molecule is CC1=C(/C=C/C(C)=C/C=C/C(C)=C/C(=O)Nc2ccc(O)cc2)C(C)(C)CC/C1=N\OCC(=O)O. The number of nitrogens with zero attached hydrogens (tertiary/aromatic N) is 1. The highest BCUT2D eigenvalue weighted by molar-refractivity contribution is 6.01. The maximum atomic E-state index is 12.1. The van der Waals surface area contributed by atoms with Crippen molar-refractivity contribution in [2.24, 2.45) is 10.6 Å². The van der Waals surface area contributed by atoms with Crippen LogP contribution in [0.3, 0.4) is 0 Å². The van der Waals surface area contributed by atoms with Gasteiger partial charge in [0.05, 0.1) is 5.71 Å². The molecule has 0 bridgehead atoms. The van der Waals surface area contributed by atoms with Crippen molar-refractivity contribution in [1.82, 2.24) is 0 Å². The minimum Gasteiger partial charge on any atom is -0.508 e. The van der Waals surface area contributed by atoms with E-state index >= 15 is 0 Å². The van der Waals surface area contributed by atoms with Gasteiger partial charge in [-0.15, -0.1) is 0 Å². The number of allylic oxidation sites excluding steroid dienone is 9.